The van der Waals surface area contributed by atoms with Crippen LogP contribution in [-0.4, -0.2) is 59.1 Å². The number of benzene rings is 2. The van der Waals surface area contributed by atoms with E-state index in [-0.39, 0.29) is 29.1 Å². The van der Waals surface area contributed by atoms with Crippen LogP contribution in [0.1, 0.15) is 18.4 Å². The van der Waals surface area contributed by atoms with Gasteiger partial charge in [0, 0.05) is 38.2 Å². The van der Waals surface area contributed by atoms with Gasteiger partial charge in [0.15, 0.2) is 5.82 Å². The van der Waals surface area contributed by atoms with Gasteiger partial charge in [0.25, 0.3) is 0 Å². The van der Waals surface area contributed by atoms with E-state index >= 15 is 0 Å². The lowest BCUT2D eigenvalue weighted by molar-refractivity contribution is 0.159. The number of hydrogen-bond acceptors (Lipinski definition) is 6. The molecule has 0 saturated carbocycles. The van der Waals surface area contributed by atoms with Crippen molar-refractivity contribution in [3.8, 4) is 17.1 Å². The van der Waals surface area contributed by atoms with Crippen molar-refractivity contribution >= 4 is 22.8 Å². The number of carboxylic acid groups (broad SMARTS) is 1. The molecular weight excluding hydrogens is 427 g/mol. The quantitative estimate of drug-likeness (QED) is 0.496. The number of phenols is 1. The summed E-state index contributed by atoms with van der Waals surface area (Å²) < 4.78 is 19.8. The van der Waals surface area contributed by atoms with Crippen molar-refractivity contribution in [1.82, 2.24) is 15.3 Å². The molecule has 2 unspecified atom stereocenters. The average Bonchev–Trinajstić information content (AvgIpc) is 3.25. The van der Waals surface area contributed by atoms with Crippen molar-refractivity contribution in [2.45, 2.75) is 25.8 Å². The Morgan fingerprint density at radius 1 is 1.33 bits per heavy atom. The lowest BCUT2D eigenvalue weighted by Crippen LogP contribution is -2.41. The number of fused-ring (bicyclic) bond motifs is 1. The molecule has 2 aromatic carbocycles. The maximum Gasteiger partial charge on any atom is 0.404 e. The van der Waals surface area contributed by atoms with E-state index in [1.807, 2.05) is 25.1 Å². The molecule has 3 aromatic rings. The molecule has 2 heterocycles. The van der Waals surface area contributed by atoms with E-state index in [1.54, 1.807) is 7.11 Å². The van der Waals surface area contributed by atoms with E-state index in [0.29, 0.717) is 37.5 Å². The highest BCUT2D eigenvalue weighted by Crippen LogP contribution is 2.35. The summed E-state index contributed by atoms with van der Waals surface area (Å²) in [5, 5.41) is 23.0. The number of nitrogens with one attached hydrogen (secondary N) is 1. The smallest absolute Gasteiger partial charge is 0.404 e. The number of nitrogens with zero attached hydrogens (tertiary/aromatic N) is 3. The number of amides is 1. The lowest BCUT2D eigenvalue weighted by Gasteiger charge is -2.25. The summed E-state index contributed by atoms with van der Waals surface area (Å²) in [5.74, 6) is -0.00480. The van der Waals surface area contributed by atoms with Crippen LogP contribution in [0.15, 0.2) is 36.4 Å². The number of aromatic hydroxyl groups is 1. The summed E-state index contributed by atoms with van der Waals surface area (Å²) in [7, 11) is 1.59. The van der Waals surface area contributed by atoms with Crippen molar-refractivity contribution in [3.05, 3.63) is 47.8 Å². The molecule has 174 valence electrons. The molecule has 0 aliphatic carbocycles. The number of methoxy groups -OCH3 is 1. The van der Waals surface area contributed by atoms with Crippen LogP contribution in [-0.2, 0) is 4.74 Å². The number of aromatic nitrogens is 2. The van der Waals surface area contributed by atoms with Gasteiger partial charge in [-0.15, -0.1) is 0 Å². The van der Waals surface area contributed by atoms with Crippen LogP contribution < -0.4 is 10.2 Å². The second-order valence-corrected chi connectivity index (χ2v) is 8.36. The van der Waals surface area contributed by atoms with E-state index in [0.717, 1.165) is 17.4 Å². The highest BCUT2D eigenvalue weighted by molar-refractivity contribution is 5.92. The zero-order valence-electron chi connectivity index (χ0n) is 18.6. The standard InChI is InChI=1S/C24H27FN4O4/c1-14-6-7-16-19(12-14)26-22(21-17(25)4-3-5-20(21)30)28-23(16)29-10-8-15(13-29)18(9-11-33-2)27-24(31)32/h3-7,12,15,18,27,30H,8-11,13H2,1-2H3,(H,31,32). The topological polar surface area (TPSA) is 108 Å². The summed E-state index contributed by atoms with van der Waals surface area (Å²) in [5.41, 5.74) is 1.62. The predicted octanol–water partition coefficient (Wildman–Crippen LogP) is 3.95. The third-order valence-electron chi connectivity index (χ3n) is 6.08. The van der Waals surface area contributed by atoms with Crippen LogP contribution in [0.2, 0.25) is 0 Å². The lowest BCUT2D eigenvalue weighted by atomic mass is 9.96. The molecule has 0 radical (unpaired) electrons. The number of anilines is 1. The summed E-state index contributed by atoms with van der Waals surface area (Å²) in [4.78, 5) is 22.6. The largest absolute Gasteiger partial charge is 0.507 e. The highest BCUT2D eigenvalue weighted by Gasteiger charge is 2.32. The summed E-state index contributed by atoms with van der Waals surface area (Å²) >= 11 is 0. The average molecular weight is 455 g/mol. The number of halogens is 1. The minimum absolute atomic E-state index is 0.0385. The van der Waals surface area contributed by atoms with Gasteiger partial charge in [-0.25, -0.2) is 19.2 Å². The molecule has 2 atom stereocenters. The molecule has 1 amide bonds. The molecule has 4 rings (SSSR count). The molecule has 1 aliphatic rings. The van der Waals surface area contributed by atoms with Gasteiger partial charge in [0.1, 0.15) is 17.4 Å². The maximum absolute atomic E-state index is 14.6. The molecule has 33 heavy (non-hydrogen) atoms. The van der Waals surface area contributed by atoms with E-state index < -0.39 is 11.9 Å². The first-order valence-corrected chi connectivity index (χ1v) is 10.9. The predicted molar refractivity (Wildman–Crippen MR) is 123 cm³/mol. The molecule has 1 fully saturated rings. The summed E-state index contributed by atoms with van der Waals surface area (Å²) in [6.45, 7) is 3.65. The maximum atomic E-state index is 14.6. The molecule has 1 aliphatic heterocycles. The zero-order valence-corrected chi connectivity index (χ0v) is 18.6. The molecule has 8 nitrogen and oxygen atoms in total. The third-order valence-corrected chi connectivity index (χ3v) is 6.08. The van der Waals surface area contributed by atoms with Crippen LogP contribution in [0.4, 0.5) is 15.0 Å². The van der Waals surface area contributed by atoms with Gasteiger partial charge in [0.2, 0.25) is 0 Å². The zero-order chi connectivity index (χ0) is 23.5. The van der Waals surface area contributed by atoms with Crippen molar-refractivity contribution in [2.24, 2.45) is 5.92 Å². The van der Waals surface area contributed by atoms with E-state index in [4.69, 9.17) is 4.74 Å². The number of phenolic OH excluding ortho intramolecular Hbond substituents is 1. The second kappa shape index (κ2) is 9.58. The fourth-order valence-corrected chi connectivity index (χ4v) is 4.45. The van der Waals surface area contributed by atoms with Crippen LogP contribution in [0.25, 0.3) is 22.3 Å². The molecule has 1 aromatic heterocycles. The number of hydrogen-bond donors (Lipinski definition) is 3. The third kappa shape index (κ3) is 4.83. The normalized spacial score (nSPS) is 16.8. The van der Waals surface area contributed by atoms with Gasteiger partial charge in [-0.1, -0.05) is 12.1 Å². The Labute approximate surface area is 191 Å². The summed E-state index contributed by atoms with van der Waals surface area (Å²) in [6.07, 6.45) is 0.279. The van der Waals surface area contributed by atoms with Crippen molar-refractivity contribution in [1.29, 1.82) is 0 Å². The van der Waals surface area contributed by atoms with Gasteiger partial charge in [-0.05, 0) is 55.5 Å². The Morgan fingerprint density at radius 2 is 2.15 bits per heavy atom. The molecule has 0 spiro atoms. The van der Waals surface area contributed by atoms with Gasteiger partial charge in [-0.3, -0.25) is 0 Å². The molecule has 3 N–H and O–H groups in total. The number of rotatable bonds is 7. The first-order valence-electron chi connectivity index (χ1n) is 10.9. The Bertz CT molecular complexity index is 1150. The van der Waals surface area contributed by atoms with Gasteiger partial charge < -0.3 is 25.2 Å². The van der Waals surface area contributed by atoms with Crippen molar-refractivity contribution in [2.75, 3.05) is 31.7 Å². The molecule has 1 saturated heterocycles. The Kier molecular flexibility index (Phi) is 6.60. The van der Waals surface area contributed by atoms with E-state index in [1.165, 1.54) is 18.2 Å². The van der Waals surface area contributed by atoms with Crippen molar-refractivity contribution in [3.63, 3.8) is 0 Å². The summed E-state index contributed by atoms with van der Waals surface area (Å²) in [6, 6.07) is 9.67. The highest BCUT2D eigenvalue weighted by atomic mass is 19.1. The Balaban J connectivity index is 1.73. The van der Waals surface area contributed by atoms with Crippen LogP contribution in [0.5, 0.6) is 5.75 Å². The van der Waals surface area contributed by atoms with E-state index in [2.05, 4.69) is 20.2 Å². The van der Waals surface area contributed by atoms with Gasteiger partial charge in [-0.2, -0.15) is 0 Å². The number of aryl methyl sites for hydroxylation is 1. The minimum atomic E-state index is -1.06. The monoisotopic (exact) mass is 454 g/mol. The van der Waals surface area contributed by atoms with E-state index in [9.17, 15) is 19.4 Å². The van der Waals surface area contributed by atoms with Gasteiger partial charge >= 0.3 is 6.09 Å². The number of ether oxygens (including phenoxy) is 1. The molecular formula is C24H27FN4O4. The Morgan fingerprint density at radius 3 is 2.88 bits per heavy atom. The SMILES string of the molecule is COCCC(NC(=O)O)C1CCN(c2nc(-c3c(O)cccc3F)nc3cc(C)ccc23)C1. The fraction of sp³-hybridized carbons (Fsp3) is 0.375. The Hall–Kier alpha value is -3.46. The number of carbonyl (C=O) groups is 1. The van der Waals surface area contributed by atoms with Crippen LogP contribution in [0, 0.1) is 18.7 Å². The first kappa shape index (κ1) is 22.7. The van der Waals surface area contributed by atoms with Crippen LogP contribution in [0.3, 0.4) is 0 Å². The molecule has 9 heteroatoms. The first-order chi connectivity index (χ1) is 15.9. The second-order valence-electron chi connectivity index (χ2n) is 8.36. The van der Waals surface area contributed by atoms with Crippen LogP contribution >= 0.6 is 0 Å². The van der Waals surface area contributed by atoms with Gasteiger partial charge in [0.05, 0.1) is 11.1 Å². The minimum Gasteiger partial charge on any atom is -0.507 e. The van der Waals surface area contributed by atoms with Crippen molar-refractivity contribution < 1.29 is 24.1 Å². The molecule has 0 bridgehead atoms. The fourth-order valence-electron chi connectivity index (χ4n) is 4.45.